The lowest BCUT2D eigenvalue weighted by molar-refractivity contribution is -0.143. The molecule has 0 aliphatic rings. The molecule has 34 heavy (non-hydrogen) atoms. The molecule has 3 rings (SSSR count). The van der Waals surface area contributed by atoms with Crippen LogP contribution in [0.5, 0.6) is 17.2 Å². The molecule has 0 amide bonds. The van der Waals surface area contributed by atoms with Crippen molar-refractivity contribution in [3.8, 4) is 17.2 Å². The molecule has 5 nitrogen and oxygen atoms in total. The van der Waals surface area contributed by atoms with Gasteiger partial charge in [-0.2, -0.15) is 26.3 Å². The molecule has 0 radical (unpaired) electrons. The van der Waals surface area contributed by atoms with E-state index in [2.05, 4.69) is 10.3 Å². The van der Waals surface area contributed by atoms with E-state index >= 15 is 0 Å². The highest BCUT2D eigenvalue weighted by Gasteiger charge is 2.37. The normalized spacial score (nSPS) is 13.1. The number of alkyl halides is 6. The molecule has 1 aromatic heterocycles. The first kappa shape index (κ1) is 25.4. The van der Waals surface area contributed by atoms with Crippen molar-refractivity contribution in [1.82, 2.24) is 4.98 Å². The number of nitrogens with zero attached hydrogens (tertiary/aromatic N) is 1. The quantitative estimate of drug-likeness (QED) is 0.350. The molecule has 3 aromatic rings. The van der Waals surface area contributed by atoms with Crippen molar-refractivity contribution in [3.05, 3.63) is 53.7 Å². The van der Waals surface area contributed by atoms with Crippen molar-refractivity contribution in [2.75, 3.05) is 19.0 Å². The molecule has 0 fully saturated rings. The van der Waals surface area contributed by atoms with Gasteiger partial charge in [0.2, 0.25) is 0 Å². The van der Waals surface area contributed by atoms with Crippen LogP contribution in [-0.4, -0.2) is 24.7 Å². The molecular formula is C23H23F6N3O2. The van der Waals surface area contributed by atoms with E-state index in [1.807, 2.05) is 6.92 Å². The fourth-order valence-corrected chi connectivity index (χ4v) is 3.43. The molecule has 0 bridgehead atoms. The number of rotatable bonds is 8. The Morgan fingerprint density at radius 2 is 1.68 bits per heavy atom. The van der Waals surface area contributed by atoms with Crippen LogP contribution in [0.4, 0.5) is 32.0 Å². The Kier molecular flexibility index (Phi) is 7.44. The van der Waals surface area contributed by atoms with Gasteiger partial charge in [-0.3, -0.25) is 4.98 Å². The van der Waals surface area contributed by atoms with Crippen LogP contribution < -0.4 is 20.5 Å². The Morgan fingerprint density at radius 3 is 2.24 bits per heavy atom. The standard InChI is InChI=1S/C23H23F6N3O2/c1-13(5-3-7-30)32-18-12-19(33-2)21(17-6-4-8-31-20(17)18)34-16-10-14(22(24,25)26)9-15(11-16)23(27,28)29/h4,6,8-13,32H,3,5,7,30H2,1-2H3. The number of aromatic nitrogens is 1. The van der Waals surface area contributed by atoms with Crippen LogP contribution in [-0.2, 0) is 12.4 Å². The zero-order valence-electron chi connectivity index (χ0n) is 18.3. The van der Waals surface area contributed by atoms with Gasteiger partial charge < -0.3 is 20.5 Å². The summed E-state index contributed by atoms with van der Waals surface area (Å²) < 4.78 is 90.5. The van der Waals surface area contributed by atoms with Gasteiger partial charge in [0.05, 0.1) is 29.4 Å². The molecule has 0 saturated heterocycles. The molecule has 1 heterocycles. The second-order valence-corrected chi connectivity index (χ2v) is 7.68. The first-order valence-electron chi connectivity index (χ1n) is 10.3. The fraction of sp³-hybridized carbons (Fsp3) is 0.348. The van der Waals surface area contributed by atoms with E-state index in [4.69, 9.17) is 15.2 Å². The third kappa shape index (κ3) is 5.82. The maximum absolute atomic E-state index is 13.3. The molecule has 0 spiro atoms. The lowest BCUT2D eigenvalue weighted by atomic mass is 10.1. The highest BCUT2D eigenvalue weighted by Crippen LogP contribution is 2.44. The summed E-state index contributed by atoms with van der Waals surface area (Å²) in [5.74, 6) is -0.583. The smallest absolute Gasteiger partial charge is 0.416 e. The third-order valence-electron chi connectivity index (χ3n) is 5.05. The number of hydrogen-bond donors (Lipinski definition) is 2. The van der Waals surface area contributed by atoms with Crippen molar-refractivity contribution in [3.63, 3.8) is 0 Å². The maximum atomic E-state index is 13.3. The summed E-state index contributed by atoms with van der Waals surface area (Å²) >= 11 is 0. The molecule has 184 valence electrons. The van der Waals surface area contributed by atoms with E-state index in [0.29, 0.717) is 35.3 Å². The van der Waals surface area contributed by atoms with E-state index in [1.165, 1.54) is 13.3 Å². The van der Waals surface area contributed by atoms with Crippen molar-refractivity contribution < 1.29 is 35.8 Å². The van der Waals surface area contributed by atoms with Gasteiger partial charge in [-0.05, 0) is 56.6 Å². The fourth-order valence-electron chi connectivity index (χ4n) is 3.43. The topological polar surface area (TPSA) is 69.4 Å². The minimum absolute atomic E-state index is 0.0167. The minimum atomic E-state index is -5.00. The van der Waals surface area contributed by atoms with Crippen molar-refractivity contribution >= 4 is 16.6 Å². The summed E-state index contributed by atoms with van der Waals surface area (Å²) in [6.07, 6.45) is -6.92. The van der Waals surface area contributed by atoms with Gasteiger partial charge in [-0.25, -0.2) is 0 Å². The number of methoxy groups -OCH3 is 1. The Morgan fingerprint density at radius 1 is 1.03 bits per heavy atom. The first-order valence-corrected chi connectivity index (χ1v) is 10.3. The molecule has 0 aliphatic heterocycles. The lowest BCUT2D eigenvalue weighted by Crippen LogP contribution is -2.17. The Bertz CT molecular complexity index is 1120. The SMILES string of the molecule is COc1cc(NC(C)CCCN)c2ncccc2c1Oc1cc(C(F)(F)F)cc(C(F)(F)F)c1. The van der Waals surface area contributed by atoms with Gasteiger partial charge in [-0.15, -0.1) is 0 Å². The van der Waals surface area contributed by atoms with Crippen molar-refractivity contribution in [1.29, 1.82) is 0 Å². The molecule has 0 saturated carbocycles. The highest BCUT2D eigenvalue weighted by atomic mass is 19.4. The third-order valence-corrected chi connectivity index (χ3v) is 5.05. The Labute approximate surface area is 191 Å². The molecular weight excluding hydrogens is 464 g/mol. The molecule has 1 unspecified atom stereocenters. The second kappa shape index (κ2) is 9.96. The van der Waals surface area contributed by atoms with Gasteiger partial charge in [0.1, 0.15) is 5.75 Å². The zero-order valence-corrected chi connectivity index (χ0v) is 18.3. The summed E-state index contributed by atoms with van der Waals surface area (Å²) in [4.78, 5) is 4.32. The van der Waals surface area contributed by atoms with Crippen LogP contribution in [0.2, 0.25) is 0 Å². The van der Waals surface area contributed by atoms with E-state index in [-0.39, 0.29) is 23.6 Å². The molecule has 3 N–H and O–H groups in total. The van der Waals surface area contributed by atoms with E-state index in [0.717, 1.165) is 12.8 Å². The second-order valence-electron chi connectivity index (χ2n) is 7.68. The number of fused-ring (bicyclic) bond motifs is 1. The number of anilines is 1. The molecule has 2 aromatic carbocycles. The number of halogens is 6. The summed E-state index contributed by atoms with van der Waals surface area (Å²) in [7, 11) is 1.32. The van der Waals surface area contributed by atoms with E-state index < -0.39 is 29.2 Å². The van der Waals surface area contributed by atoms with Gasteiger partial charge in [-0.1, -0.05) is 0 Å². The van der Waals surface area contributed by atoms with E-state index in [1.54, 1.807) is 18.2 Å². The highest BCUT2D eigenvalue weighted by molar-refractivity contribution is 5.97. The predicted octanol–water partition coefficient (Wildman–Crippen LogP) is 6.61. The minimum Gasteiger partial charge on any atom is -0.493 e. The maximum Gasteiger partial charge on any atom is 0.416 e. The average molecular weight is 487 g/mol. The number of ether oxygens (including phenoxy) is 2. The van der Waals surface area contributed by atoms with Crippen LogP contribution in [0.15, 0.2) is 42.6 Å². The summed E-state index contributed by atoms with van der Waals surface area (Å²) in [6.45, 7) is 2.47. The zero-order chi connectivity index (χ0) is 25.1. The van der Waals surface area contributed by atoms with Gasteiger partial charge in [0, 0.05) is 23.7 Å². The lowest BCUT2D eigenvalue weighted by Gasteiger charge is -2.20. The van der Waals surface area contributed by atoms with Crippen LogP contribution in [0.1, 0.15) is 30.9 Å². The van der Waals surface area contributed by atoms with Gasteiger partial charge >= 0.3 is 12.4 Å². The van der Waals surface area contributed by atoms with Crippen molar-refractivity contribution in [2.45, 2.75) is 38.2 Å². The van der Waals surface area contributed by atoms with Crippen LogP contribution in [0.3, 0.4) is 0 Å². The number of nitrogens with two attached hydrogens (primary N) is 1. The van der Waals surface area contributed by atoms with Gasteiger partial charge in [0.25, 0.3) is 0 Å². The van der Waals surface area contributed by atoms with E-state index in [9.17, 15) is 26.3 Å². The average Bonchev–Trinajstić information content (AvgIpc) is 2.77. The van der Waals surface area contributed by atoms with Crippen molar-refractivity contribution in [2.24, 2.45) is 5.73 Å². The van der Waals surface area contributed by atoms with Gasteiger partial charge in [0.15, 0.2) is 11.5 Å². The number of pyridine rings is 1. The Hall–Kier alpha value is -3.21. The predicted molar refractivity (Wildman–Crippen MR) is 116 cm³/mol. The first-order chi connectivity index (χ1) is 15.9. The molecule has 1 atom stereocenters. The van der Waals surface area contributed by atoms with Crippen LogP contribution >= 0.6 is 0 Å². The number of hydrogen-bond acceptors (Lipinski definition) is 5. The molecule has 11 heteroatoms. The summed E-state index contributed by atoms with van der Waals surface area (Å²) in [6, 6.07) is 5.79. The largest absolute Gasteiger partial charge is 0.493 e. The number of nitrogens with one attached hydrogen (secondary N) is 1. The van der Waals surface area contributed by atoms with Crippen LogP contribution in [0.25, 0.3) is 10.9 Å². The summed E-state index contributed by atoms with van der Waals surface area (Å²) in [5.41, 5.74) is 3.59. The monoisotopic (exact) mass is 487 g/mol. The van der Waals surface area contributed by atoms with Crippen LogP contribution in [0, 0.1) is 0 Å². The Balaban J connectivity index is 2.12. The number of benzene rings is 2. The molecule has 0 aliphatic carbocycles. The summed E-state index contributed by atoms with van der Waals surface area (Å²) in [5, 5.41) is 3.64.